The second-order valence-corrected chi connectivity index (χ2v) is 2.40. The molecule has 0 radical (unpaired) electrons. The molecule has 0 N–H and O–H groups in total. The van der Waals surface area contributed by atoms with Crippen LogP contribution in [0, 0.1) is 0 Å². The van der Waals surface area contributed by atoms with Gasteiger partial charge in [-0.05, 0) is 11.6 Å². The summed E-state index contributed by atoms with van der Waals surface area (Å²) in [6.07, 6.45) is 0. The van der Waals surface area contributed by atoms with E-state index in [1.54, 1.807) is 0 Å². The van der Waals surface area contributed by atoms with Crippen molar-refractivity contribution < 1.29 is 14.3 Å². The smallest absolute Gasteiger partial charge is 0.320 e. The number of nitrogens with zero attached hydrogens (tertiary/aromatic N) is 2. The highest BCUT2D eigenvalue weighted by Crippen LogP contribution is 2.14. The molecule has 0 saturated heterocycles. The Morgan fingerprint density at radius 3 is 2.54 bits per heavy atom. The van der Waals surface area contributed by atoms with Crippen molar-refractivity contribution in [3.63, 3.8) is 0 Å². The topological polar surface area (TPSA) is 61.3 Å². The van der Waals surface area contributed by atoms with E-state index in [4.69, 9.17) is 21.1 Å². The van der Waals surface area contributed by atoms with Crippen LogP contribution in [0.2, 0.25) is 0 Å². The minimum Gasteiger partial charge on any atom is -0.481 e. The van der Waals surface area contributed by atoms with Crippen LogP contribution in [0.25, 0.3) is 0 Å². The fourth-order valence-electron chi connectivity index (χ4n) is 0.700. The van der Waals surface area contributed by atoms with Crippen molar-refractivity contribution in [1.29, 1.82) is 0 Å². The van der Waals surface area contributed by atoms with Crippen LogP contribution in [0.3, 0.4) is 0 Å². The summed E-state index contributed by atoms with van der Waals surface area (Å²) in [5.74, 6) is 0.232. The minimum absolute atomic E-state index is 0.0448. The van der Waals surface area contributed by atoms with Gasteiger partial charge >= 0.3 is 6.01 Å². The highest BCUT2D eigenvalue weighted by molar-refractivity contribution is 6.67. The van der Waals surface area contributed by atoms with E-state index in [1.165, 1.54) is 20.3 Å². The Hall–Kier alpha value is -1.36. The van der Waals surface area contributed by atoms with E-state index in [-0.39, 0.29) is 17.6 Å². The average molecular weight is 203 g/mol. The Morgan fingerprint density at radius 2 is 2.08 bits per heavy atom. The summed E-state index contributed by atoms with van der Waals surface area (Å²) in [6, 6.07) is 1.38. The first-order valence-electron chi connectivity index (χ1n) is 3.34. The highest BCUT2D eigenvalue weighted by atomic mass is 35.5. The molecule has 1 rings (SSSR count). The summed E-state index contributed by atoms with van der Waals surface area (Å²) in [4.78, 5) is 18.2. The lowest BCUT2D eigenvalue weighted by Gasteiger charge is -2.02. The van der Waals surface area contributed by atoms with Crippen molar-refractivity contribution >= 4 is 16.8 Å². The molecule has 0 saturated carbocycles. The molecule has 70 valence electrons. The maximum absolute atomic E-state index is 10.7. The predicted molar refractivity (Wildman–Crippen MR) is 45.3 cm³/mol. The Morgan fingerprint density at radius 1 is 1.38 bits per heavy atom. The van der Waals surface area contributed by atoms with Gasteiger partial charge in [-0.25, -0.2) is 0 Å². The molecule has 5 nitrogen and oxygen atoms in total. The van der Waals surface area contributed by atoms with Crippen LogP contribution in [0.1, 0.15) is 10.5 Å². The van der Waals surface area contributed by atoms with Gasteiger partial charge in [0.1, 0.15) is 5.69 Å². The maximum atomic E-state index is 10.7. The van der Waals surface area contributed by atoms with Crippen LogP contribution in [-0.2, 0) is 0 Å². The van der Waals surface area contributed by atoms with E-state index in [1.807, 2.05) is 0 Å². The normalized spacial score (nSPS) is 9.46. The third kappa shape index (κ3) is 2.29. The highest BCUT2D eigenvalue weighted by Gasteiger charge is 2.09. The molecule has 13 heavy (non-hydrogen) atoms. The Balaban J connectivity index is 3.14. The molecule has 0 aliphatic heterocycles. The molecule has 0 atom stereocenters. The van der Waals surface area contributed by atoms with Crippen LogP contribution in [0.15, 0.2) is 6.07 Å². The lowest BCUT2D eigenvalue weighted by Crippen LogP contribution is -2.01. The van der Waals surface area contributed by atoms with Crippen molar-refractivity contribution in [2.24, 2.45) is 0 Å². The summed E-state index contributed by atoms with van der Waals surface area (Å²) in [6.45, 7) is 0. The first-order chi connectivity index (χ1) is 6.17. The van der Waals surface area contributed by atoms with Gasteiger partial charge in [0.2, 0.25) is 5.88 Å². The molecular weight excluding hydrogens is 196 g/mol. The van der Waals surface area contributed by atoms with Gasteiger partial charge in [-0.2, -0.15) is 9.97 Å². The number of halogens is 1. The zero-order valence-electron chi connectivity index (χ0n) is 7.07. The number of hydrogen-bond donors (Lipinski definition) is 0. The van der Waals surface area contributed by atoms with Gasteiger partial charge in [0.05, 0.1) is 14.2 Å². The Bertz CT molecular complexity index is 307. The first kappa shape index (κ1) is 9.73. The van der Waals surface area contributed by atoms with Crippen LogP contribution in [-0.4, -0.2) is 29.4 Å². The monoisotopic (exact) mass is 202 g/mol. The molecule has 0 bridgehead atoms. The summed E-state index contributed by atoms with van der Waals surface area (Å²) in [5, 5.41) is -0.681. The molecule has 6 heteroatoms. The molecule has 0 aliphatic carbocycles. The number of hydrogen-bond acceptors (Lipinski definition) is 5. The van der Waals surface area contributed by atoms with E-state index in [0.717, 1.165) is 0 Å². The van der Waals surface area contributed by atoms with Gasteiger partial charge in [0.25, 0.3) is 5.24 Å². The van der Waals surface area contributed by atoms with E-state index in [2.05, 4.69) is 9.97 Å². The molecule has 0 unspecified atom stereocenters. The van der Waals surface area contributed by atoms with Crippen LogP contribution in [0.5, 0.6) is 11.9 Å². The predicted octanol–water partition coefficient (Wildman–Crippen LogP) is 0.873. The Labute approximate surface area is 79.7 Å². The summed E-state index contributed by atoms with van der Waals surface area (Å²) in [7, 11) is 2.81. The quantitative estimate of drug-likeness (QED) is 0.681. The molecule has 0 aromatic carbocycles. The standard InChI is InChI=1S/C7H7ClN2O3/c1-12-5-3-4(6(8)11)9-7(10-5)13-2/h3H,1-2H3. The number of rotatable bonds is 3. The van der Waals surface area contributed by atoms with Crippen molar-refractivity contribution in [3.05, 3.63) is 11.8 Å². The largest absolute Gasteiger partial charge is 0.481 e. The fourth-order valence-corrected chi connectivity index (χ4v) is 0.797. The van der Waals surface area contributed by atoms with Crippen LogP contribution < -0.4 is 9.47 Å². The fraction of sp³-hybridized carbons (Fsp3) is 0.286. The molecule has 0 spiro atoms. The van der Waals surface area contributed by atoms with Gasteiger partial charge in [0.15, 0.2) is 0 Å². The molecule has 0 aliphatic rings. The molecule has 1 aromatic heterocycles. The van der Waals surface area contributed by atoms with E-state index in [9.17, 15) is 4.79 Å². The number of methoxy groups -OCH3 is 2. The van der Waals surface area contributed by atoms with Crippen molar-refractivity contribution in [1.82, 2.24) is 9.97 Å². The summed E-state index contributed by atoms with van der Waals surface area (Å²) >= 11 is 5.22. The first-order valence-corrected chi connectivity index (χ1v) is 3.72. The Kier molecular flexibility index (Phi) is 3.02. The zero-order valence-corrected chi connectivity index (χ0v) is 7.83. The van der Waals surface area contributed by atoms with Crippen molar-refractivity contribution in [2.75, 3.05) is 14.2 Å². The molecular formula is C7H7ClN2O3. The average Bonchev–Trinajstić information content (AvgIpc) is 2.16. The SMILES string of the molecule is COc1cc(C(=O)Cl)nc(OC)n1. The van der Waals surface area contributed by atoms with Gasteiger partial charge < -0.3 is 9.47 Å². The van der Waals surface area contributed by atoms with E-state index >= 15 is 0 Å². The lowest BCUT2D eigenvalue weighted by atomic mass is 10.4. The van der Waals surface area contributed by atoms with E-state index < -0.39 is 5.24 Å². The third-order valence-electron chi connectivity index (χ3n) is 1.28. The van der Waals surface area contributed by atoms with Crippen LogP contribution >= 0.6 is 11.6 Å². The minimum atomic E-state index is -0.681. The number of carbonyl (C=O) groups excluding carboxylic acids is 1. The summed E-state index contributed by atoms with van der Waals surface area (Å²) < 4.78 is 9.54. The van der Waals surface area contributed by atoms with Gasteiger partial charge in [-0.3, -0.25) is 4.79 Å². The van der Waals surface area contributed by atoms with Crippen LogP contribution in [0.4, 0.5) is 0 Å². The van der Waals surface area contributed by atoms with E-state index in [0.29, 0.717) is 0 Å². The lowest BCUT2D eigenvalue weighted by molar-refractivity contribution is 0.107. The zero-order chi connectivity index (χ0) is 9.84. The molecule has 1 aromatic rings. The second kappa shape index (κ2) is 4.04. The molecule has 0 fully saturated rings. The van der Waals surface area contributed by atoms with Gasteiger partial charge in [-0.15, -0.1) is 0 Å². The number of ether oxygens (including phenoxy) is 2. The van der Waals surface area contributed by atoms with Crippen molar-refractivity contribution in [2.45, 2.75) is 0 Å². The number of aromatic nitrogens is 2. The molecule has 1 heterocycles. The molecule has 0 amide bonds. The van der Waals surface area contributed by atoms with Gasteiger partial charge in [-0.1, -0.05) is 0 Å². The van der Waals surface area contributed by atoms with Gasteiger partial charge in [0, 0.05) is 6.07 Å². The third-order valence-corrected chi connectivity index (χ3v) is 1.47. The summed E-state index contributed by atoms with van der Waals surface area (Å²) in [5.41, 5.74) is 0.0466. The van der Waals surface area contributed by atoms with Crippen molar-refractivity contribution in [3.8, 4) is 11.9 Å². The maximum Gasteiger partial charge on any atom is 0.320 e. The second-order valence-electron chi connectivity index (χ2n) is 2.06. The number of carbonyl (C=O) groups is 1.